The number of para-hydroxylation sites is 1. The maximum Gasteiger partial charge on any atom is 0.254 e. The maximum atomic E-state index is 12.3. The van der Waals surface area contributed by atoms with Crippen molar-refractivity contribution in [2.45, 2.75) is 31.8 Å². The Labute approximate surface area is 144 Å². The van der Waals surface area contributed by atoms with Crippen molar-refractivity contribution in [3.05, 3.63) is 54.0 Å². The van der Waals surface area contributed by atoms with Crippen molar-refractivity contribution < 1.29 is 18.8 Å². The van der Waals surface area contributed by atoms with E-state index in [1.165, 1.54) is 0 Å². The summed E-state index contributed by atoms with van der Waals surface area (Å²) in [6.45, 7) is 1.85. The van der Waals surface area contributed by atoms with Gasteiger partial charge in [-0.05, 0) is 31.2 Å². The first-order valence-corrected chi connectivity index (χ1v) is 8.05. The molecule has 0 fully saturated rings. The van der Waals surface area contributed by atoms with E-state index in [-0.39, 0.29) is 24.3 Å². The Morgan fingerprint density at radius 3 is 2.80 bits per heavy atom. The van der Waals surface area contributed by atoms with E-state index in [1.807, 2.05) is 13.0 Å². The lowest BCUT2D eigenvalue weighted by Crippen LogP contribution is -2.46. The number of anilines is 1. The van der Waals surface area contributed by atoms with Crippen molar-refractivity contribution >= 4 is 23.4 Å². The highest BCUT2D eigenvalue weighted by Gasteiger charge is 2.29. The van der Waals surface area contributed by atoms with Gasteiger partial charge in [0.1, 0.15) is 11.8 Å². The Bertz CT molecular complexity index is 785. The second-order valence-electron chi connectivity index (χ2n) is 6.02. The number of amides is 3. The summed E-state index contributed by atoms with van der Waals surface area (Å²) in [6.07, 6.45) is 1.99. The summed E-state index contributed by atoms with van der Waals surface area (Å²) in [7, 11) is 0. The summed E-state index contributed by atoms with van der Waals surface area (Å²) in [4.78, 5) is 36.7. The van der Waals surface area contributed by atoms with Crippen molar-refractivity contribution in [1.82, 2.24) is 10.6 Å². The first-order valence-electron chi connectivity index (χ1n) is 8.05. The molecular weight excluding hydrogens is 322 g/mol. The predicted octanol–water partition coefficient (Wildman–Crippen LogP) is 1.47. The summed E-state index contributed by atoms with van der Waals surface area (Å²) in [5.74, 6) is -0.336. The number of furan rings is 1. The zero-order chi connectivity index (χ0) is 17.8. The van der Waals surface area contributed by atoms with Crippen LogP contribution < -0.4 is 16.0 Å². The fraction of sp³-hybridized carbons (Fsp3) is 0.278. The van der Waals surface area contributed by atoms with E-state index in [4.69, 9.17) is 4.42 Å². The molecule has 3 rings (SSSR count). The molecule has 3 amide bonds. The van der Waals surface area contributed by atoms with Gasteiger partial charge in [0.25, 0.3) is 5.91 Å². The van der Waals surface area contributed by atoms with Crippen LogP contribution in [0.3, 0.4) is 0 Å². The third-order valence-electron chi connectivity index (χ3n) is 3.94. The van der Waals surface area contributed by atoms with Gasteiger partial charge in [0.05, 0.1) is 23.9 Å². The Balaban J connectivity index is 1.60. The van der Waals surface area contributed by atoms with Gasteiger partial charge in [-0.1, -0.05) is 12.1 Å². The Hall–Kier alpha value is -3.09. The highest BCUT2D eigenvalue weighted by atomic mass is 16.3. The number of nitrogens with one attached hydrogen (secondary N) is 3. The molecule has 1 aromatic heterocycles. The average molecular weight is 341 g/mol. The van der Waals surface area contributed by atoms with E-state index in [1.54, 1.807) is 36.6 Å². The Morgan fingerprint density at radius 2 is 2.04 bits per heavy atom. The van der Waals surface area contributed by atoms with Crippen LogP contribution >= 0.6 is 0 Å². The van der Waals surface area contributed by atoms with Crippen molar-refractivity contribution in [1.29, 1.82) is 0 Å². The molecule has 1 aliphatic heterocycles. The Morgan fingerprint density at radius 1 is 1.24 bits per heavy atom. The monoisotopic (exact) mass is 341 g/mol. The molecule has 7 nitrogen and oxygen atoms in total. The molecular formula is C18H19N3O4. The lowest BCUT2D eigenvalue weighted by atomic mass is 10.1. The number of fused-ring (bicyclic) bond motifs is 1. The minimum absolute atomic E-state index is 0.131. The smallest absolute Gasteiger partial charge is 0.254 e. The van der Waals surface area contributed by atoms with Gasteiger partial charge in [-0.25, -0.2) is 0 Å². The molecule has 1 aromatic carbocycles. The van der Waals surface area contributed by atoms with Gasteiger partial charge in [0, 0.05) is 12.5 Å². The van der Waals surface area contributed by atoms with Crippen LogP contribution in [0.15, 0.2) is 47.1 Å². The van der Waals surface area contributed by atoms with Gasteiger partial charge in [0.15, 0.2) is 0 Å². The van der Waals surface area contributed by atoms with Gasteiger partial charge >= 0.3 is 0 Å². The van der Waals surface area contributed by atoms with Gasteiger partial charge in [-0.3, -0.25) is 14.4 Å². The molecule has 25 heavy (non-hydrogen) atoms. The molecule has 0 saturated heterocycles. The van der Waals surface area contributed by atoms with Crippen LogP contribution in [0.1, 0.15) is 29.5 Å². The zero-order valence-corrected chi connectivity index (χ0v) is 13.7. The quantitative estimate of drug-likeness (QED) is 0.766. The SMILES string of the molecule is C[C@@H](Cc1ccco1)NC(=O)C[C@H]1NC(=O)c2ccccc2NC1=O. The third kappa shape index (κ3) is 4.06. The normalized spacial score (nSPS) is 17.7. The second-order valence-corrected chi connectivity index (χ2v) is 6.02. The van der Waals surface area contributed by atoms with E-state index in [0.29, 0.717) is 17.7 Å². The fourth-order valence-corrected chi connectivity index (χ4v) is 2.76. The number of hydrogen-bond donors (Lipinski definition) is 3. The minimum atomic E-state index is -0.921. The molecule has 0 aliphatic carbocycles. The van der Waals surface area contributed by atoms with E-state index >= 15 is 0 Å². The molecule has 0 saturated carbocycles. The second kappa shape index (κ2) is 7.21. The molecule has 1 aliphatic rings. The molecule has 2 heterocycles. The van der Waals surface area contributed by atoms with Crippen molar-refractivity contribution in [2.75, 3.05) is 5.32 Å². The van der Waals surface area contributed by atoms with Gasteiger partial charge in [-0.2, -0.15) is 0 Å². The summed E-state index contributed by atoms with van der Waals surface area (Å²) in [5, 5.41) is 8.10. The van der Waals surface area contributed by atoms with E-state index in [9.17, 15) is 14.4 Å². The van der Waals surface area contributed by atoms with E-state index in [2.05, 4.69) is 16.0 Å². The van der Waals surface area contributed by atoms with Crippen LogP contribution in [0.5, 0.6) is 0 Å². The fourth-order valence-electron chi connectivity index (χ4n) is 2.76. The van der Waals surface area contributed by atoms with E-state index in [0.717, 1.165) is 5.76 Å². The van der Waals surface area contributed by atoms with Gasteiger partial charge in [-0.15, -0.1) is 0 Å². The summed E-state index contributed by atoms with van der Waals surface area (Å²) >= 11 is 0. The van der Waals surface area contributed by atoms with Crippen LogP contribution in [0.2, 0.25) is 0 Å². The lowest BCUT2D eigenvalue weighted by molar-refractivity contribution is -0.126. The van der Waals surface area contributed by atoms with Crippen molar-refractivity contribution in [2.24, 2.45) is 0 Å². The van der Waals surface area contributed by atoms with Gasteiger partial charge in [0.2, 0.25) is 11.8 Å². The highest BCUT2D eigenvalue weighted by Crippen LogP contribution is 2.18. The first-order chi connectivity index (χ1) is 12.0. The number of hydrogen-bond acceptors (Lipinski definition) is 4. The molecule has 0 bridgehead atoms. The minimum Gasteiger partial charge on any atom is -0.469 e. The molecule has 130 valence electrons. The Kier molecular flexibility index (Phi) is 4.83. The largest absolute Gasteiger partial charge is 0.469 e. The molecule has 3 N–H and O–H groups in total. The maximum absolute atomic E-state index is 12.3. The predicted molar refractivity (Wildman–Crippen MR) is 91.0 cm³/mol. The molecule has 2 atom stereocenters. The first kappa shape index (κ1) is 16.8. The third-order valence-corrected chi connectivity index (χ3v) is 3.94. The summed E-state index contributed by atoms with van der Waals surface area (Å²) in [5.41, 5.74) is 0.823. The van der Waals surface area contributed by atoms with Crippen LogP contribution in [0.25, 0.3) is 0 Å². The molecule has 0 spiro atoms. The number of carbonyl (C=O) groups excluding carboxylic acids is 3. The van der Waals surface area contributed by atoms with Crippen molar-refractivity contribution in [3.8, 4) is 0 Å². The molecule has 0 unspecified atom stereocenters. The van der Waals surface area contributed by atoms with Gasteiger partial charge < -0.3 is 20.4 Å². The lowest BCUT2D eigenvalue weighted by Gasteiger charge is -2.17. The van der Waals surface area contributed by atoms with Crippen LogP contribution in [0, 0.1) is 0 Å². The molecule has 2 aromatic rings. The summed E-state index contributed by atoms with van der Waals surface area (Å²) in [6, 6.07) is 9.27. The highest BCUT2D eigenvalue weighted by molar-refractivity contribution is 6.10. The van der Waals surface area contributed by atoms with Crippen LogP contribution in [-0.2, 0) is 16.0 Å². The van der Waals surface area contributed by atoms with Crippen molar-refractivity contribution in [3.63, 3.8) is 0 Å². The number of benzene rings is 1. The number of carbonyl (C=O) groups is 3. The molecule has 0 radical (unpaired) electrons. The topological polar surface area (TPSA) is 100 Å². The van der Waals surface area contributed by atoms with Crippen LogP contribution in [0.4, 0.5) is 5.69 Å². The summed E-state index contributed by atoms with van der Waals surface area (Å²) < 4.78 is 5.25. The number of rotatable bonds is 5. The molecule has 7 heteroatoms. The van der Waals surface area contributed by atoms with Crippen LogP contribution in [-0.4, -0.2) is 29.8 Å². The average Bonchev–Trinajstić information content (AvgIpc) is 3.03. The van der Waals surface area contributed by atoms with E-state index < -0.39 is 11.9 Å². The zero-order valence-electron chi connectivity index (χ0n) is 13.7. The standard InChI is InChI=1S/C18H19N3O4/c1-11(9-12-5-4-8-25-12)19-16(22)10-15-18(24)20-14-7-3-2-6-13(14)17(23)21-15/h2-8,11,15H,9-10H2,1H3,(H,19,22)(H,20,24)(H,21,23)/t11-,15+/m0/s1.